The Labute approximate surface area is 86.1 Å². The topological polar surface area (TPSA) is 61.4 Å². The summed E-state index contributed by atoms with van der Waals surface area (Å²) in [6.45, 7) is 2.50. The number of unbranched alkanes of at least 4 members (excludes halogenated alkanes) is 3. The van der Waals surface area contributed by atoms with E-state index in [9.17, 15) is 9.90 Å². The van der Waals surface area contributed by atoms with Crippen molar-refractivity contribution in [2.45, 2.75) is 45.1 Å². The summed E-state index contributed by atoms with van der Waals surface area (Å²) >= 11 is 0. The van der Waals surface area contributed by atoms with Crippen LogP contribution in [0.25, 0.3) is 0 Å². The van der Waals surface area contributed by atoms with E-state index in [1.54, 1.807) is 7.05 Å². The minimum absolute atomic E-state index is 0.238. The number of rotatable bonds is 7. The highest BCUT2D eigenvalue weighted by atomic mass is 16.3. The van der Waals surface area contributed by atoms with Crippen molar-refractivity contribution in [1.82, 2.24) is 10.6 Å². The number of hydrogen-bond donors (Lipinski definition) is 3. The van der Waals surface area contributed by atoms with Gasteiger partial charge in [-0.2, -0.15) is 0 Å². The fourth-order valence-corrected chi connectivity index (χ4v) is 1.21. The molecular formula is C10H22N2O2. The number of carbonyl (C=O) groups excluding carboxylic acids is 1. The van der Waals surface area contributed by atoms with Crippen LogP contribution in [0, 0.1) is 0 Å². The first-order valence-corrected chi connectivity index (χ1v) is 5.34. The van der Waals surface area contributed by atoms with Gasteiger partial charge in [0.2, 0.25) is 0 Å². The van der Waals surface area contributed by atoms with Crippen LogP contribution < -0.4 is 10.6 Å². The summed E-state index contributed by atoms with van der Waals surface area (Å²) in [5, 5.41) is 14.5. The van der Waals surface area contributed by atoms with E-state index in [0.29, 0.717) is 6.54 Å². The Morgan fingerprint density at radius 2 is 2.07 bits per heavy atom. The third-order valence-electron chi connectivity index (χ3n) is 2.12. The Morgan fingerprint density at radius 1 is 1.36 bits per heavy atom. The third kappa shape index (κ3) is 7.86. The summed E-state index contributed by atoms with van der Waals surface area (Å²) in [6, 6.07) is -0.238. The predicted molar refractivity (Wildman–Crippen MR) is 57.2 cm³/mol. The Hall–Kier alpha value is -0.770. The van der Waals surface area contributed by atoms with E-state index in [1.165, 1.54) is 12.8 Å². The van der Waals surface area contributed by atoms with Crippen molar-refractivity contribution < 1.29 is 9.90 Å². The quantitative estimate of drug-likeness (QED) is 0.544. The van der Waals surface area contributed by atoms with E-state index >= 15 is 0 Å². The molecule has 3 N–H and O–H groups in total. The van der Waals surface area contributed by atoms with Crippen LogP contribution in [0.15, 0.2) is 0 Å². The zero-order valence-electron chi connectivity index (χ0n) is 9.18. The Balaban J connectivity index is 3.27. The molecule has 0 aromatic rings. The summed E-state index contributed by atoms with van der Waals surface area (Å²) in [7, 11) is 1.56. The molecule has 0 aromatic heterocycles. The SMILES string of the molecule is CCCCCCC(O)CNC(=O)NC. The number of aliphatic hydroxyl groups excluding tert-OH is 1. The van der Waals surface area contributed by atoms with E-state index < -0.39 is 6.10 Å². The summed E-state index contributed by atoms with van der Waals surface area (Å²) in [5.41, 5.74) is 0. The molecular weight excluding hydrogens is 180 g/mol. The highest BCUT2D eigenvalue weighted by Crippen LogP contribution is 2.04. The molecule has 4 heteroatoms. The Morgan fingerprint density at radius 3 is 2.64 bits per heavy atom. The van der Waals surface area contributed by atoms with Crippen molar-refractivity contribution >= 4 is 6.03 Å². The van der Waals surface area contributed by atoms with Crippen LogP contribution in [-0.2, 0) is 0 Å². The largest absolute Gasteiger partial charge is 0.391 e. The lowest BCUT2D eigenvalue weighted by Gasteiger charge is -2.11. The van der Waals surface area contributed by atoms with E-state index in [1.807, 2.05) is 0 Å². The molecule has 4 nitrogen and oxygen atoms in total. The second kappa shape index (κ2) is 8.81. The molecule has 0 saturated heterocycles. The smallest absolute Gasteiger partial charge is 0.314 e. The van der Waals surface area contributed by atoms with Gasteiger partial charge in [-0.15, -0.1) is 0 Å². The van der Waals surface area contributed by atoms with Crippen LogP contribution in [0.1, 0.15) is 39.0 Å². The minimum atomic E-state index is -0.413. The molecule has 2 amide bonds. The normalized spacial score (nSPS) is 12.2. The average molecular weight is 202 g/mol. The zero-order valence-corrected chi connectivity index (χ0v) is 9.18. The van der Waals surface area contributed by atoms with Crippen molar-refractivity contribution in [3.05, 3.63) is 0 Å². The number of nitrogens with one attached hydrogen (secondary N) is 2. The van der Waals surface area contributed by atoms with Crippen molar-refractivity contribution in [1.29, 1.82) is 0 Å². The summed E-state index contributed by atoms with van der Waals surface area (Å²) in [5.74, 6) is 0. The fraction of sp³-hybridized carbons (Fsp3) is 0.900. The molecule has 0 spiro atoms. The van der Waals surface area contributed by atoms with Crippen LogP contribution in [0.2, 0.25) is 0 Å². The van der Waals surface area contributed by atoms with Gasteiger partial charge < -0.3 is 15.7 Å². The maximum Gasteiger partial charge on any atom is 0.314 e. The van der Waals surface area contributed by atoms with Crippen molar-refractivity contribution in [2.24, 2.45) is 0 Å². The van der Waals surface area contributed by atoms with Crippen LogP contribution in [0.4, 0.5) is 4.79 Å². The highest BCUT2D eigenvalue weighted by Gasteiger charge is 2.04. The number of urea groups is 1. The predicted octanol–water partition coefficient (Wildman–Crippen LogP) is 1.25. The average Bonchev–Trinajstić information content (AvgIpc) is 2.21. The zero-order chi connectivity index (χ0) is 10.8. The first-order valence-electron chi connectivity index (χ1n) is 5.34. The van der Waals surface area contributed by atoms with Crippen molar-refractivity contribution in [3.8, 4) is 0 Å². The Bertz CT molecular complexity index is 151. The molecule has 0 heterocycles. The van der Waals surface area contributed by atoms with Crippen molar-refractivity contribution in [3.63, 3.8) is 0 Å². The number of hydrogen-bond acceptors (Lipinski definition) is 2. The second-order valence-corrected chi connectivity index (χ2v) is 3.46. The molecule has 0 aliphatic carbocycles. The lowest BCUT2D eigenvalue weighted by Crippen LogP contribution is -2.37. The van der Waals surface area contributed by atoms with Crippen LogP contribution in [0.5, 0.6) is 0 Å². The van der Waals surface area contributed by atoms with Crippen LogP contribution in [-0.4, -0.2) is 30.8 Å². The van der Waals surface area contributed by atoms with Gasteiger partial charge in [0.25, 0.3) is 0 Å². The van der Waals surface area contributed by atoms with E-state index in [-0.39, 0.29) is 6.03 Å². The molecule has 14 heavy (non-hydrogen) atoms. The van der Waals surface area contributed by atoms with Gasteiger partial charge in [-0.25, -0.2) is 4.79 Å². The van der Waals surface area contributed by atoms with E-state index in [2.05, 4.69) is 17.6 Å². The summed E-state index contributed by atoms with van der Waals surface area (Å²) < 4.78 is 0. The van der Waals surface area contributed by atoms with Gasteiger partial charge in [0.05, 0.1) is 6.10 Å². The number of aliphatic hydroxyl groups is 1. The first-order chi connectivity index (χ1) is 6.70. The molecule has 1 atom stereocenters. The van der Waals surface area contributed by atoms with Gasteiger partial charge in [-0.1, -0.05) is 32.6 Å². The molecule has 0 aromatic carbocycles. The first kappa shape index (κ1) is 13.2. The monoisotopic (exact) mass is 202 g/mol. The third-order valence-corrected chi connectivity index (χ3v) is 2.12. The van der Waals surface area contributed by atoms with Crippen molar-refractivity contribution in [2.75, 3.05) is 13.6 Å². The molecule has 0 rings (SSSR count). The molecule has 0 aliphatic heterocycles. The van der Waals surface area contributed by atoms with Crippen LogP contribution in [0.3, 0.4) is 0 Å². The second-order valence-electron chi connectivity index (χ2n) is 3.46. The molecule has 0 saturated carbocycles. The minimum Gasteiger partial charge on any atom is -0.391 e. The van der Waals surface area contributed by atoms with E-state index in [0.717, 1.165) is 19.3 Å². The van der Waals surface area contributed by atoms with E-state index in [4.69, 9.17) is 0 Å². The molecule has 0 aliphatic rings. The van der Waals surface area contributed by atoms with Crippen LogP contribution >= 0.6 is 0 Å². The number of carbonyl (C=O) groups is 1. The van der Waals surface area contributed by atoms with Gasteiger partial charge >= 0.3 is 6.03 Å². The maximum atomic E-state index is 10.8. The van der Waals surface area contributed by atoms with Gasteiger partial charge in [-0.3, -0.25) is 0 Å². The Kier molecular flexibility index (Phi) is 8.33. The number of amides is 2. The van der Waals surface area contributed by atoms with Gasteiger partial charge in [0.15, 0.2) is 0 Å². The summed E-state index contributed by atoms with van der Waals surface area (Å²) in [6.07, 6.45) is 4.97. The molecule has 0 fully saturated rings. The van der Waals surface area contributed by atoms with Gasteiger partial charge in [-0.05, 0) is 6.42 Å². The van der Waals surface area contributed by atoms with Gasteiger partial charge in [0, 0.05) is 13.6 Å². The lowest BCUT2D eigenvalue weighted by molar-refractivity contribution is 0.158. The maximum absolute atomic E-state index is 10.8. The standard InChI is InChI=1S/C10H22N2O2/c1-3-4-5-6-7-9(13)8-12-10(14)11-2/h9,13H,3-8H2,1-2H3,(H2,11,12,14). The molecule has 1 unspecified atom stereocenters. The molecule has 0 radical (unpaired) electrons. The lowest BCUT2D eigenvalue weighted by atomic mass is 10.1. The molecule has 84 valence electrons. The summed E-state index contributed by atoms with van der Waals surface area (Å²) in [4.78, 5) is 10.8. The fourth-order valence-electron chi connectivity index (χ4n) is 1.21. The molecule has 0 bridgehead atoms. The van der Waals surface area contributed by atoms with Gasteiger partial charge in [0.1, 0.15) is 0 Å². The highest BCUT2D eigenvalue weighted by molar-refractivity contribution is 5.73.